The van der Waals surface area contributed by atoms with Crippen LogP contribution in [0.2, 0.25) is 0 Å². The summed E-state index contributed by atoms with van der Waals surface area (Å²) in [5, 5.41) is 34.1. The van der Waals surface area contributed by atoms with Gasteiger partial charge in [-0.3, -0.25) is 4.79 Å². The Balaban J connectivity index is 1.74. The van der Waals surface area contributed by atoms with Gasteiger partial charge in [0, 0.05) is 11.1 Å². The van der Waals surface area contributed by atoms with Crippen LogP contribution in [0.3, 0.4) is 0 Å². The molecule has 1 heterocycles. The Labute approximate surface area is 192 Å². The number of hydrogen-bond donors (Lipinski definition) is 3. The van der Waals surface area contributed by atoms with E-state index in [2.05, 4.69) is 15.5 Å². The van der Waals surface area contributed by atoms with Gasteiger partial charge in [0.25, 0.3) is 5.91 Å². The molecule has 1 amide bonds. The fourth-order valence-electron chi connectivity index (χ4n) is 3.21. The molecule has 3 aromatic carbocycles. The molecule has 0 radical (unpaired) electrons. The lowest BCUT2D eigenvalue weighted by Gasteiger charge is -2.11. The molecule has 33 heavy (non-hydrogen) atoms. The summed E-state index contributed by atoms with van der Waals surface area (Å²) in [4.78, 5) is 25.1. The molecule has 0 atom stereocenters. The third kappa shape index (κ3) is 4.59. The van der Waals surface area contributed by atoms with Crippen LogP contribution in [0.5, 0.6) is 5.75 Å². The third-order valence-corrected chi connectivity index (χ3v) is 5.79. The molecule has 0 saturated heterocycles. The van der Waals surface area contributed by atoms with Crippen molar-refractivity contribution in [3.8, 4) is 5.75 Å². The summed E-state index contributed by atoms with van der Waals surface area (Å²) in [7, 11) is 1.28. The Bertz CT molecular complexity index is 1360. The molecule has 0 bridgehead atoms. The zero-order valence-electron chi connectivity index (χ0n) is 17.5. The number of fused-ring (bicyclic) bond motifs is 1. The number of phenols is 1. The Hall–Kier alpha value is -4.08. The molecule has 0 fully saturated rings. The molecule has 4 aromatic rings. The molecule has 4 rings (SSSR count). The average molecular weight is 461 g/mol. The van der Waals surface area contributed by atoms with Crippen LogP contribution in [0.15, 0.2) is 76.3 Å². The lowest BCUT2D eigenvalue weighted by atomic mass is 10.0. The summed E-state index contributed by atoms with van der Waals surface area (Å²) in [5.41, 5.74) is 1.65. The Morgan fingerprint density at radius 1 is 1.06 bits per heavy atom. The van der Waals surface area contributed by atoms with Crippen molar-refractivity contribution in [3.63, 3.8) is 0 Å². The van der Waals surface area contributed by atoms with Crippen molar-refractivity contribution in [2.24, 2.45) is 10.2 Å². The van der Waals surface area contributed by atoms with Crippen molar-refractivity contribution in [2.45, 2.75) is 6.61 Å². The van der Waals surface area contributed by atoms with Gasteiger partial charge in [-0.25, -0.2) is 4.79 Å². The summed E-state index contributed by atoms with van der Waals surface area (Å²) >= 11 is 1.17. The second-order valence-electron chi connectivity index (χ2n) is 6.98. The molecule has 1 aromatic heterocycles. The maximum absolute atomic E-state index is 12.9. The van der Waals surface area contributed by atoms with E-state index in [4.69, 9.17) is 4.74 Å². The second kappa shape index (κ2) is 9.60. The Morgan fingerprint density at radius 3 is 2.55 bits per heavy atom. The smallest absolute Gasteiger partial charge is 0.350 e. The number of rotatable bonds is 6. The zero-order chi connectivity index (χ0) is 23.4. The first-order valence-electron chi connectivity index (χ1n) is 9.85. The number of thiophene rings is 1. The second-order valence-corrected chi connectivity index (χ2v) is 7.89. The highest BCUT2D eigenvalue weighted by atomic mass is 32.1. The van der Waals surface area contributed by atoms with E-state index in [1.807, 2.05) is 6.07 Å². The number of azo groups is 1. The number of carbonyl (C=O) groups excluding carboxylic acids is 2. The predicted molar refractivity (Wildman–Crippen MR) is 126 cm³/mol. The highest BCUT2D eigenvalue weighted by Crippen LogP contribution is 2.40. The summed E-state index contributed by atoms with van der Waals surface area (Å²) in [6, 6.07) is 17.0. The van der Waals surface area contributed by atoms with Crippen LogP contribution < -0.4 is 5.32 Å². The maximum Gasteiger partial charge on any atom is 0.350 e. The minimum atomic E-state index is -0.534. The monoisotopic (exact) mass is 461 g/mol. The van der Waals surface area contributed by atoms with Crippen molar-refractivity contribution in [2.75, 3.05) is 12.4 Å². The van der Waals surface area contributed by atoms with Crippen LogP contribution in [0.25, 0.3) is 10.8 Å². The molecule has 0 aliphatic rings. The Kier molecular flexibility index (Phi) is 6.43. The number of aliphatic hydroxyl groups excluding tert-OH is 1. The highest BCUT2D eigenvalue weighted by Gasteiger charge is 2.19. The lowest BCUT2D eigenvalue weighted by Crippen LogP contribution is -2.12. The molecule has 0 aliphatic heterocycles. The van der Waals surface area contributed by atoms with E-state index in [0.717, 1.165) is 0 Å². The van der Waals surface area contributed by atoms with Crippen molar-refractivity contribution in [1.82, 2.24) is 0 Å². The number of anilines is 1. The van der Waals surface area contributed by atoms with Crippen molar-refractivity contribution in [3.05, 3.63) is 82.0 Å². The quantitative estimate of drug-likeness (QED) is 0.257. The summed E-state index contributed by atoms with van der Waals surface area (Å²) < 4.78 is 4.76. The molecule has 0 saturated carbocycles. The first kappa shape index (κ1) is 22.1. The van der Waals surface area contributed by atoms with E-state index in [0.29, 0.717) is 27.7 Å². The van der Waals surface area contributed by atoms with Crippen LogP contribution in [-0.2, 0) is 11.3 Å². The molecule has 166 valence electrons. The number of nitrogens with zero attached hydrogens (tertiary/aromatic N) is 2. The summed E-state index contributed by atoms with van der Waals surface area (Å²) in [5.74, 6) is -1.40. The standard InChI is InChI=1S/C24H19N3O5S/c1-32-24(31)22-19(10-11-33-22)26-27-20-17-5-3-2-4-15(17)12-18(21(20)29)23(30)25-16-8-6-14(13-28)7-9-16/h2-12,28-29H,13H2,1H3,(H,25,30)/b27-26+. The number of aromatic hydroxyl groups is 1. The van der Waals surface area contributed by atoms with Crippen LogP contribution in [0, 0.1) is 0 Å². The van der Waals surface area contributed by atoms with Crippen molar-refractivity contribution < 1.29 is 24.5 Å². The fourth-order valence-corrected chi connectivity index (χ4v) is 3.96. The molecule has 9 heteroatoms. The molecule has 0 spiro atoms. The number of aliphatic hydroxyl groups is 1. The summed E-state index contributed by atoms with van der Waals surface area (Å²) in [6.07, 6.45) is 0. The van der Waals surface area contributed by atoms with Gasteiger partial charge in [-0.15, -0.1) is 21.6 Å². The normalized spacial score (nSPS) is 11.1. The number of methoxy groups -OCH3 is 1. The number of nitrogens with one attached hydrogen (secondary N) is 1. The largest absolute Gasteiger partial charge is 0.505 e. The van der Waals surface area contributed by atoms with Crippen LogP contribution >= 0.6 is 11.3 Å². The van der Waals surface area contributed by atoms with Gasteiger partial charge in [0.1, 0.15) is 16.3 Å². The fraction of sp³-hybridized carbons (Fsp3) is 0.0833. The van der Waals surface area contributed by atoms with E-state index in [-0.39, 0.29) is 28.5 Å². The van der Waals surface area contributed by atoms with Crippen LogP contribution in [0.4, 0.5) is 17.1 Å². The van der Waals surface area contributed by atoms with E-state index in [1.54, 1.807) is 60.0 Å². The molecule has 0 aliphatic carbocycles. The third-order valence-electron chi connectivity index (χ3n) is 4.91. The van der Waals surface area contributed by atoms with Crippen molar-refractivity contribution >= 4 is 51.0 Å². The minimum absolute atomic E-state index is 0.0207. The minimum Gasteiger partial charge on any atom is -0.505 e. The maximum atomic E-state index is 12.9. The lowest BCUT2D eigenvalue weighted by molar-refractivity contribution is 0.0607. The molecule has 8 nitrogen and oxygen atoms in total. The summed E-state index contributed by atoms with van der Waals surface area (Å²) in [6.45, 7) is -0.101. The predicted octanol–water partition coefficient (Wildman–Crippen LogP) is 5.55. The van der Waals surface area contributed by atoms with Gasteiger partial charge in [0.15, 0.2) is 5.75 Å². The molecular weight excluding hydrogens is 442 g/mol. The average Bonchev–Trinajstić information content (AvgIpc) is 3.31. The van der Waals surface area contributed by atoms with Gasteiger partial charge >= 0.3 is 5.97 Å². The number of amides is 1. The van der Waals surface area contributed by atoms with Crippen molar-refractivity contribution in [1.29, 1.82) is 0 Å². The number of phenolic OH excluding ortho intramolecular Hbond substituents is 1. The Morgan fingerprint density at radius 2 is 1.82 bits per heavy atom. The van der Waals surface area contributed by atoms with Gasteiger partial charge in [-0.2, -0.15) is 0 Å². The molecule has 0 unspecified atom stereocenters. The number of ether oxygens (including phenoxy) is 1. The highest BCUT2D eigenvalue weighted by molar-refractivity contribution is 7.12. The van der Waals surface area contributed by atoms with Crippen LogP contribution in [0.1, 0.15) is 25.6 Å². The first-order chi connectivity index (χ1) is 16.0. The van der Waals surface area contributed by atoms with Gasteiger partial charge in [-0.05, 0) is 40.6 Å². The van der Waals surface area contributed by atoms with E-state index < -0.39 is 11.9 Å². The van der Waals surface area contributed by atoms with Gasteiger partial charge in [0.2, 0.25) is 0 Å². The van der Waals surface area contributed by atoms with Gasteiger partial charge in [-0.1, -0.05) is 36.4 Å². The SMILES string of the molecule is COC(=O)c1sccc1/N=N/c1c(O)c(C(=O)Nc2ccc(CO)cc2)cc2ccccc12. The molecule has 3 N–H and O–H groups in total. The number of carbonyl (C=O) groups is 2. The van der Waals surface area contributed by atoms with Crippen LogP contribution in [-0.4, -0.2) is 29.2 Å². The molecular formula is C24H19N3O5S. The van der Waals surface area contributed by atoms with Gasteiger partial charge < -0.3 is 20.3 Å². The number of hydrogen-bond acceptors (Lipinski definition) is 8. The van der Waals surface area contributed by atoms with E-state index >= 15 is 0 Å². The zero-order valence-corrected chi connectivity index (χ0v) is 18.3. The topological polar surface area (TPSA) is 121 Å². The first-order valence-corrected chi connectivity index (χ1v) is 10.7. The van der Waals surface area contributed by atoms with E-state index in [9.17, 15) is 19.8 Å². The number of esters is 1. The van der Waals surface area contributed by atoms with E-state index in [1.165, 1.54) is 18.4 Å². The van der Waals surface area contributed by atoms with Gasteiger partial charge in [0.05, 0.1) is 19.3 Å². The number of benzene rings is 3.